The summed E-state index contributed by atoms with van der Waals surface area (Å²) >= 11 is 0. The van der Waals surface area contributed by atoms with Crippen LogP contribution in [0.4, 0.5) is 34.1 Å². The largest absolute Gasteiger partial charge is 0.456 e. The zero-order valence-corrected chi connectivity index (χ0v) is 39.0. The number of anilines is 6. The Kier molecular flexibility index (Phi) is 7.70. The third kappa shape index (κ3) is 5.20. The van der Waals surface area contributed by atoms with Crippen LogP contribution in [0.25, 0.3) is 110 Å². The lowest BCUT2D eigenvalue weighted by molar-refractivity contribution is 0.656. The van der Waals surface area contributed by atoms with Crippen LogP contribution in [0.15, 0.2) is 242 Å². The second-order valence-corrected chi connectivity index (χ2v) is 19.4. The topological polar surface area (TPSA) is 59.0 Å². The Morgan fingerprint density at radius 2 is 0.603 bits per heavy atom. The smallest absolute Gasteiger partial charge is 0.159 e. The summed E-state index contributed by atoms with van der Waals surface area (Å²) in [5.41, 5.74) is 20.8. The molecule has 0 atom stereocenters. The van der Waals surface area contributed by atoms with E-state index in [0.717, 1.165) is 155 Å². The molecule has 4 heterocycles. The van der Waals surface area contributed by atoms with Gasteiger partial charge in [0.15, 0.2) is 11.2 Å². The number of rotatable bonds is 6. The van der Waals surface area contributed by atoms with E-state index < -0.39 is 0 Å². The lowest BCUT2D eigenvalue weighted by Gasteiger charge is -2.30. The van der Waals surface area contributed by atoms with Gasteiger partial charge in [0.2, 0.25) is 0 Å². The Morgan fingerprint density at radius 3 is 1.03 bits per heavy atom. The minimum absolute atomic E-state index is 0.263. The van der Waals surface area contributed by atoms with E-state index in [0.29, 0.717) is 0 Å². The van der Waals surface area contributed by atoms with Gasteiger partial charge in [-0.3, -0.25) is 0 Å². The molecule has 0 saturated heterocycles. The highest BCUT2D eigenvalue weighted by molar-refractivity contribution is 6.21. The first-order chi connectivity index (χ1) is 36.2. The number of nitrogens with zero attached hydrogens (tertiary/aromatic N) is 2. The lowest BCUT2D eigenvalue weighted by Crippen LogP contribution is -2.13. The van der Waals surface area contributed by atoms with Gasteiger partial charge in [0, 0.05) is 82.6 Å². The summed E-state index contributed by atoms with van der Waals surface area (Å²) in [4.78, 5) is 4.81. The van der Waals surface area contributed by atoms with Gasteiger partial charge in [-0.25, -0.2) is 0 Å². The Balaban J connectivity index is 1.02. The average molecular weight is 935 g/mol. The summed E-state index contributed by atoms with van der Waals surface area (Å²) in [5, 5.41) is 8.51. The van der Waals surface area contributed by atoms with Crippen LogP contribution in [0.2, 0.25) is 0 Å². The van der Waals surface area contributed by atoms with Crippen LogP contribution in [0.1, 0.15) is 22.6 Å². The van der Waals surface area contributed by atoms with Crippen molar-refractivity contribution in [2.24, 2.45) is 0 Å². The van der Waals surface area contributed by atoms with Crippen molar-refractivity contribution in [2.75, 3.05) is 9.80 Å². The molecule has 340 valence electrons. The third-order valence-electron chi connectivity index (χ3n) is 15.6. The van der Waals surface area contributed by atoms with Crippen molar-refractivity contribution in [3.8, 4) is 22.3 Å². The normalized spacial score (nSPS) is 12.9. The number of hydrogen-bond acceptors (Lipinski definition) is 6. The van der Waals surface area contributed by atoms with E-state index in [1.165, 1.54) is 5.56 Å². The maximum absolute atomic E-state index is 7.23. The summed E-state index contributed by atoms with van der Waals surface area (Å²) in [6, 6.07) is 79.5. The molecule has 73 heavy (non-hydrogen) atoms. The monoisotopic (exact) mass is 934 g/mol. The van der Waals surface area contributed by atoms with Crippen LogP contribution in [-0.2, 0) is 0 Å². The minimum atomic E-state index is -0.263. The predicted molar refractivity (Wildman–Crippen MR) is 297 cm³/mol. The van der Waals surface area contributed by atoms with Gasteiger partial charge in [-0.15, -0.1) is 0 Å². The van der Waals surface area contributed by atoms with Crippen molar-refractivity contribution in [1.29, 1.82) is 0 Å². The quantitative estimate of drug-likeness (QED) is 0.166. The van der Waals surface area contributed by atoms with E-state index >= 15 is 0 Å². The summed E-state index contributed by atoms with van der Waals surface area (Å²) in [7, 11) is 0. The van der Waals surface area contributed by atoms with Crippen LogP contribution < -0.4 is 9.80 Å². The summed E-state index contributed by atoms with van der Waals surface area (Å²) in [6.45, 7) is 0. The fourth-order valence-electron chi connectivity index (χ4n) is 12.7. The molecule has 2 aliphatic rings. The Hall–Kier alpha value is -9.78. The highest BCUT2D eigenvalue weighted by Gasteiger charge is 2.47. The molecule has 0 unspecified atom stereocenters. The number of benzene rings is 11. The molecule has 4 aromatic heterocycles. The lowest BCUT2D eigenvalue weighted by atomic mass is 9.88. The molecule has 2 aliphatic carbocycles. The molecule has 15 aromatic rings. The van der Waals surface area contributed by atoms with Crippen LogP contribution in [0.3, 0.4) is 0 Å². The molecule has 0 amide bonds. The van der Waals surface area contributed by atoms with E-state index in [-0.39, 0.29) is 5.92 Å². The highest BCUT2D eigenvalue weighted by atomic mass is 16.3. The molecule has 0 bridgehead atoms. The first-order valence-corrected chi connectivity index (χ1v) is 24.9. The van der Waals surface area contributed by atoms with Crippen molar-refractivity contribution in [3.05, 3.63) is 241 Å². The molecule has 6 heteroatoms. The van der Waals surface area contributed by atoms with Gasteiger partial charge < -0.3 is 27.5 Å². The number of fused-ring (bicyclic) bond motifs is 20. The van der Waals surface area contributed by atoms with Gasteiger partial charge in [0.25, 0.3) is 0 Å². The SMILES string of the molecule is c1ccc(N(c2cc3c(oc4ccccc43)c3c2-c2cccc4c2C3c2c-4c(N(c3ccccc3)c3cccc4c3oc3ccccc34)cc3c2oc2ccccc23)c2cccc3c2oc2ccccc23)cc1. The molecule has 0 saturated carbocycles. The van der Waals surface area contributed by atoms with Crippen molar-refractivity contribution in [1.82, 2.24) is 0 Å². The second kappa shape index (κ2) is 14.4. The van der Waals surface area contributed by atoms with E-state index in [1.54, 1.807) is 0 Å². The molecule has 0 aliphatic heterocycles. The molecular weight excluding hydrogens is 897 g/mol. The maximum atomic E-state index is 7.23. The van der Waals surface area contributed by atoms with E-state index in [2.05, 4.69) is 222 Å². The van der Waals surface area contributed by atoms with Crippen LogP contribution >= 0.6 is 0 Å². The van der Waals surface area contributed by atoms with Gasteiger partial charge in [-0.1, -0.05) is 152 Å². The zero-order valence-electron chi connectivity index (χ0n) is 39.0. The summed E-state index contributed by atoms with van der Waals surface area (Å²) in [5.74, 6) is -0.263. The van der Waals surface area contributed by atoms with Gasteiger partial charge in [0.05, 0.1) is 22.7 Å². The van der Waals surface area contributed by atoms with Gasteiger partial charge in [0.1, 0.15) is 33.5 Å². The Bertz CT molecular complexity index is 4520. The van der Waals surface area contributed by atoms with E-state index in [1.807, 2.05) is 12.1 Å². The minimum Gasteiger partial charge on any atom is -0.456 e. The molecule has 11 aromatic carbocycles. The van der Waals surface area contributed by atoms with Crippen molar-refractivity contribution >= 4 is 122 Å². The van der Waals surface area contributed by atoms with E-state index in [9.17, 15) is 0 Å². The average Bonchev–Trinajstić information content (AvgIpc) is 4.31. The molecule has 0 spiro atoms. The number of hydrogen-bond donors (Lipinski definition) is 0. The zero-order chi connectivity index (χ0) is 47.5. The predicted octanol–water partition coefficient (Wildman–Crippen LogP) is 19.4. The van der Waals surface area contributed by atoms with E-state index in [4.69, 9.17) is 17.7 Å². The maximum Gasteiger partial charge on any atom is 0.159 e. The number of para-hydroxylation sites is 8. The highest BCUT2D eigenvalue weighted by Crippen LogP contribution is 2.67. The van der Waals surface area contributed by atoms with Crippen molar-refractivity contribution < 1.29 is 17.7 Å². The first-order valence-electron chi connectivity index (χ1n) is 24.9. The first kappa shape index (κ1) is 39.0. The van der Waals surface area contributed by atoms with Gasteiger partial charge >= 0.3 is 0 Å². The molecule has 17 rings (SSSR count). The van der Waals surface area contributed by atoms with Crippen molar-refractivity contribution in [3.63, 3.8) is 0 Å². The molecular formula is C67H38N2O4. The van der Waals surface area contributed by atoms with Gasteiger partial charge in [-0.05, 0) is 89.5 Å². The van der Waals surface area contributed by atoms with Gasteiger partial charge in [-0.2, -0.15) is 0 Å². The fraction of sp³-hybridized carbons (Fsp3) is 0.0149. The summed E-state index contributed by atoms with van der Waals surface area (Å²) in [6.07, 6.45) is 0. The third-order valence-corrected chi connectivity index (χ3v) is 15.6. The molecule has 0 N–H and O–H groups in total. The van der Waals surface area contributed by atoms with Crippen molar-refractivity contribution in [2.45, 2.75) is 5.92 Å². The second-order valence-electron chi connectivity index (χ2n) is 19.4. The summed E-state index contributed by atoms with van der Waals surface area (Å²) < 4.78 is 28.2. The molecule has 0 fully saturated rings. The standard InChI is InChI=1S/C67H38N2O4/c1-3-18-38(19-4-1)68(50-30-16-26-44-40-22-7-11-32-54(40)70-64(44)50)52-36-48-42-24-9-13-34-56(42)72-66(48)62-59(52)46-28-15-29-47-58(46)61(62)63-60(47)53(37-49-43-25-10-14-35-57(43)73-67(49)63)69(39-20-5-2-6-21-39)51-31-17-27-45-41-23-8-12-33-55(41)71-65(45)51/h1-37,61H. The van der Waals surface area contributed by atoms with Crippen LogP contribution in [-0.4, -0.2) is 0 Å². The fourth-order valence-corrected chi connectivity index (χ4v) is 12.7. The van der Waals surface area contributed by atoms with Crippen LogP contribution in [0, 0.1) is 0 Å². The molecule has 0 radical (unpaired) electrons. The Morgan fingerprint density at radius 1 is 0.260 bits per heavy atom. The number of furan rings is 4. The Labute approximate surface area is 416 Å². The van der Waals surface area contributed by atoms with Crippen LogP contribution in [0.5, 0.6) is 0 Å². The molecule has 6 nitrogen and oxygen atoms in total.